The fourth-order valence-electron chi connectivity index (χ4n) is 3.24. The van der Waals surface area contributed by atoms with Gasteiger partial charge in [-0.15, -0.1) is 0 Å². The minimum Gasteiger partial charge on any atom is -0.489 e. The molecular formula is C15H18BrNO3. The summed E-state index contributed by atoms with van der Waals surface area (Å²) < 4.78 is 6.44. The number of hydrogen-bond donors (Lipinski definition) is 1. The molecule has 20 heavy (non-hydrogen) atoms. The van der Waals surface area contributed by atoms with Crippen LogP contribution in [0.2, 0.25) is 0 Å². The first-order valence-corrected chi connectivity index (χ1v) is 7.92. The van der Waals surface area contributed by atoms with E-state index in [1.165, 1.54) is 32.1 Å². The number of hydrogen-bond acceptors (Lipinski definition) is 3. The molecule has 0 bridgehead atoms. The van der Waals surface area contributed by atoms with Crippen LogP contribution in [0.3, 0.4) is 0 Å². The van der Waals surface area contributed by atoms with Gasteiger partial charge in [0, 0.05) is 10.5 Å². The van der Waals surface area contributed by atoms with E-state index in [0.29, 0.717) is 18.4 Å². The molecule has 0 spiro atoms. The number of benzene rings is 1. The highest BCUT2D eigenvalue weighted by molar-refractivity contribution is 9.10. The first-order valence-electron chi connectivity index (χ1n) is 7.13. The van der Waals surface area contributed by atoms with E-state index in [9.17, 15) is 9.90 Å². The van der Waals surface area contributed by atoms with E-state index in [2.05, 4.69) is 20.8 Å². The van der Waals surface area contributed by atoms with E-state index >= 15 is 0 Å². The Hall–Kier alpha value is -1.23. The molecule has 1 saturated carbocycles. The van der Waals surface area contributed by atoms with Gasteiger partial charge in [0.15, 0.2) is 5.75 Å². The lowest BCUT2D eigenvalue weighted by molar-refractivity contribution is 0.0691. The molecule has 0 radical (unpaired) electrons. The van der Waals surface area contributed by atoms with Gasteiger partial charge in [0.1, 0.15) is 12.2 Å². The van der Waals surface area contributed by atoms with Crippen LogP contribution in [-0.4, -0.2) is 30.3 Å². The highest BCUT2D eigenvalue weighted by Gasteiger charge is 2.29. The van der Waals surface area contributed by atoms with Crippen LogP contribution in [0, 0.1) is 0 Å². The molecule has 5 heteroatoms. The van der Waals surface area contributed by atoms with Crippen molar-refractivity contribution in [3.05, 3.63) is 22.2 Å². The van der Waals surface area contributed by atoms with Crippen molar-refractivity contribution in [2.75, 3.05) is 18.1 Å². The second kappa shape index (κ2) is 5.64. The quantitative estimate of drug-likeness (QED) is 0.892. The van der Waals surface area contributed by atoms with Gasteiger partial charge in [-0.1, -0.05) is 35.2 Å². The maximum atomic E-state index is 11.4. The van der Waals surface area contributed by atoms with Gasteiger partial charge in [-0.3, -0.25) is 0 Å². The van der Waals surface area contributed by atoms with Crippen molar-refractivity contribution in [2.24, 2.45) is 0 Å². The van der Waals surface area contributed by atoms with Crippen molar-refractivity contribution >= 4 is 27.6 Å². The average Bonchev–Trinajstić information content (AvgIpc) is 2.46. The summed E-state index contributed by atoms with van der Waals surface area (Å²) in [6, 6.07) is 4.11. The van der Waals surface area contributed by atoms with Crippen LogP contribution in [0.5, 0.6) is 5.75 Å². The third kappa shape index (κ3) is 2.51. The number of rotatable bonds is 2. The maximum Gasteiger partial charge on any atom is 0.339 e. The molecular weight excluding hydrogens is 322 g/mol. The molecule has 108 valence electrons. The number of fused-ring (bicyclic) bond motifs is 1. The van der Waals surface area contributed by atoms with Crippen LogP contribution in [0.25, 0.3) is 0 Å². The van der Waals surface area contributed by atoms with Crippen LogP contribution in [-0.2, 0) is 0 Å². The Bertz CT molecular complexity index is 526. The van der Waals surface area contributed by atoms with Gasteiger partial charge in [-0.25, -0.2) is 4.79 Å². The molecule has 3 rings (SSSR count). The van der Waals surface area contributed by atoms with E-state index in [1.807, 2.05) is 6.07 Å². The summed E-state index contributed by atoms with van der Waals surface area (Å²) in [5, 5.41) is 9.34. The fourth-order valence-corrected chi connectivity index (χ4v) is 3.69. The first-order chi connectivity index (χ1) is 9.66. The molecule has 1 aromatic carbocycles. The topological polar surface area (TPSA) is 49.8 Å². The minimum atomic E-state index is -0.937. The van der Waals surface area contributed by atoms with Gasteiger partial charge in [0.05, 0.1) is 12.2 Å². The predicted octanol–water partition coefficient (Wildman–Crippen LogP) is 3.68. The first kappa shape index (κ1) is 13.7. The molecule has 0 aromatic heterocycles. The number of carboxylic acids is 1. The summed E-state index contributed by atoms with van der Waals surface area (Å²) in [4.78, 5) is 13.7. The molecule has 0 saturated heterocycles. The normalized spacial score (nSPS) is 19.4. The van der Waals surface area contributed by atoms with Crippen molar-refractivity contribution in [2.45, 2.75) is 38.1 Å². The second-order valence-electron chi connectivity index (χ2n) is 5.44. The number of carboxylic acid groups (broad SMARTS) is 1. The van der Waals surface area contributed by atoms with Crippen LogP contribution in [0.4, 0.5) is 5.69 Å². The summed E-state index contributed by atoms with van der Waals surface area (Å²) in [5.41, 5.74) is 1.17. The zero-order chi connectivity index (χ0) is 14.1. The largest absolute Gasteiger partial charge is 0.489 e. The average molecular weight is 340 g/mol. The molecule has 1 heterocycles. The molecule has 4 nitrogen and oxygen atoms in total. The minimum absolute atomic E-state index is 0.245. The highest BCUT2D eigenvalue weighted by atomic mass is 79.9. The van der Waals surface area contributed by atoms with Crippen molar-refractivity contribution in [3.8, 4) is 5.75 Å². The number of aromatic carboxylic acids is 1. The Morgan fingerprint density at radius 3 is 2.75 bits per heavy atom. The zero-order valence-electron chi connectivity index (χ0n) is 11.3. The lowest BCUT2D eigenvalue weighted by atomic mass is 9.93. The van der Waals surface area contributed by atoms with Crippen LogP contribution in [0.15, 0.2) is 16.6 Å². The van der Waals surface area contributed by atoms with E-state index in [1.54, 1.807) is 6.07 Å². The Morgan fingerprint density at radius 2 is 2.05 bits per heavy atom. The monoisotopic (exact) mass is 339 g/mol. The highest BCUT2D eigenvalue weighted by Crippen LogP contribution is 2.40. The van der Waals surface area contributed by atoms with Gasteiger partial charge in [0.2, 0.25) is 0 Å². The molecule has 1 fully saturated rings. The SMILES string of the molecule is O=C(O)c1cc(Br)cc2c1OCCN2C1CCCCC1. The Morgan fingerprint density at radius 1 is 1.30 bits per heavy atom. The second-order valence-corrected chi connectivity index (χ2v) is 6.36. The summed E-state index contributed by atoms with van der Waals surface area (Å²) >= 11 is 3.42. The van der Waals surface area contributed by atoms with Gasteiger partial charge >= 0.3 is 5.97 Å². The number of halogens is 1. The van der Waals surface area contributed by atoms with E-state index < -0.39 is 5.97 Å². The Kier molecular flexibility index (Phi) is 3.87. The molecule has 0 amide bonds. The van der Waals surface area contributed by atoms with Gasteiger partial charge < -0.3 is 14.7 Å². The predicted molar refractivity (Wildman–Crippen MR) is 80.8 cm³/mol. The number of carbonyl (C=O) groups is 1. The lowest BCUT2D eigenvalue weighted by Crippen LogP contribution is -2.42. The third-order valence-electron chi connectivity index (χ3n) is 4.17. The molecule has 1 aliphatic carbocycles. The van der Waals surface area contributed by atoms with E-state index in [0.717, 1.165) is 16.7 Å². The van der Waals surface area contributed by atoms with E-state index in [-0.39, 0.29) is 5.56 Å². The van der Waals surface area contributed by atoms with Crippen molar-refractivity contribution < 1.29 is 14.6 Å². The molecule has 1 aliphatic heterocycles. The number of anilines is 1. The summed E-state index contributed by atoms with van der Waals surface area (Å²) in [6.45, 7) is 1.40. The van der Waals surface area contributed by atoms with Crippen molar-refractivity contribution in [1.82, 2.24) is 0 Å². The van der Waals surface area contributed by atoms with Crippen molar-refractivity contribution in [3.63, 3.8) is 0 Å². The lowest BCUT2D eigenvalue weighted by Gasteiger charge is -2.40. The van der Waals surface area contributed by atoms with Gasteiger partial charge in [0.25, 0.3) is 0 Å². The standard InChI is InChI=1S/C15H18BrNO3/c16-10-8-12(15(18)19)14-13(9-10)17(6-7-20-14)11-4-2-1-3-5-11/h8-9,11H,1-7H2,(H,18,19). The van der Waals surface area contributed by atoms with Crippen LogP contribution < -0.4 is 9.64 Å². The van der Waals surface area contributed by atoms with Crippen LogP contribution >= 0.6 is 15.9 Å². The van der Waals surface area contributed by atoms with Crippen LogP contribution in [0.1, 0.15) is 42.5 Å². The smallest absolute Gasteiger partial charge is 0.339 e. The molecule has 0 atom stereocenters. The molecule has 0 unspecified atom stereocenters. The van der Waals surface area contributed by atoms with E-state index in [4.69, 9.17) is 4.74 Å². The summed E-state index contributed by atoms with van der Waals surface area (Å²) in [7, 11) is 0. The molecule has 1 aromatic rings. The zero-order valence-corrected chi connectivity index (χ0v) is 12.9. The summed E-state index contributed by atoms with van der Waals surface area (Å²) in [5.74, 6) is -0.412. The number of nitrogens with zero attached hydrogens (tertiary/aromatic N) is 1. The van der Waals surface area contributed by atoms with Crippen molar-refractivity contribution in [1.29, 1.82) is 0 Å². The number of ether oxygens (including phenoxy) is 1. The summed E-state index contributed by atoms with van der Waals surface area (Å²) in [6.07, 6.45) is 6.21. The fraction of sp³-hybridized carbons (Fsp3) is 0.533. The Balaban J connectivity index is 2.01. The van der Waals surface area contributed by atoms with Gasteiger partial charge in [-0.05, 0) is 25.0 Å². The molecule has 1 N–H and O–H groups in total. The van der Waals surface area contributed by atoms with Gasteiger partial charge in [-0.2, -0.15) is 0 Å². The third-order valence-corrected chi connectivity index (χ3v) is 4.63. The Labute approximate surface area is 126 Å². The molecule has 2 aliphatic rings. The maximum absolute atomic E-state index is 11.4.